The molecule has 3 rings (SSSR count). The maximum Gasteiger partial charge on any atom is 0.0900 e. The molecule has 0 amide bonds. The number of piperidine rings is 1. The number of aliphatic hydroxyl groups excluding tert-OH is 1. The van der Waals surface area contributed by atoms with Gasteiger partial charge in [-0.05, 0) is 90.4 Å². The fourth-order valence-corrected chi connectivity index (χ4v) is 5.98. The van der Waals surface area contributed by atoms with Gasteiger partial charge in [-0.2, -0.15) is 0 Å². The lowest BCUT2D eigenvalue weighted by molar-refractivity contribution is -0.0706. The van der Waals surface area contributed by atoms with Crippen LogP contribution in [-0.2, 0) is 4.74 Å². The minimum atomic E-state index is -0.373. The summed E-state index contributed by atoms with van der Waals surface area (Å²) in [5.74, 6) is 2.91. The van der Waals surface area contributed by atoms with Crippen LogP contribution in [0.1, 0.15) is 79.1 Å². The lowest BCUT2D eigenvalue weighted by atomic mass is 9.79. The predicted molar refractivity (Wildman–Crippen MR) is 99.1 cm³/mol. The molecule has 3 nitrogen and oxygen atoms in total. The Labute approximate surface area is 149 Å². The number of hydrogen-bond donors (Lipinski definition) is 1. The molecule has 4 atom stereocenters. The van der Waals surface area contributed by atoms with Gasteiger partial charge in [-0.1, -0.05) is 6.42 Å². The van der Waals surface area contributed by atoms with Crippen molar-refractivity contribution in [2.75, 3.05) is 19.8 Å². The zero-order chi connectivity index (χ0) is 17.4. The second kappa shape index (κ2) is 7.25. The molecule has 1 saturated heterocycles. The van der Waals surface area contributed by atoms with Crippen LogP contribution >= 0.6 is 0 Å². The highest BCUT2D eigenvalue weighted by Gasteiger charge is 2.42. The third-order valence-electron chi connectivity index (χ3n) is 7.26. The van der Waals surface area contributed by atoms with E-state index in [0.29, 0.717) is 6.61 Å². The molecule has 2 bridgehead atoms. The number of β-amino-alcohol motifs (C(OH)–C–C–N with tert-alkyl or cyclic N) is 1. The molecule has 3 aliphatic rings. The van der Waals surface area contributed by atoms with Gasteiger partial charge in [0, 0.05) is 24.2 Å². The van der Waals surface area contributed by atoms with Crippen LogP contribution < -0.4 is 0 Å². The van der Waals surface area contributed by atoms with E-state index in [1.54, 1.807) is 0 Å². The number of rotatable bonds is 7. The van der Waals surface area contributed by atoms with Gasteiger partial charge >= 0.3 is 0 Å². The van der Waals surface area contributed by atoms with Crippen molar-refractivity contribution in [2.45, 2.75) is 96.2 Å². The molecule has 0 aromatic rings. The molecular weight excluding hydrogens is 298 g/mol. The summed E-state index contributed by atoms with van der Waals surface area (Å²) in [7, 11) is 0. The smallest absolute Gasteiger partial charge is 0.0900 e. The topological polar surface area (TPSA) is 32.7 Å². The van der Waals surface area contributed by atoms with Crippen molar-refractivity contribution < 1.29 is 9.84 Å². The number of likely N-dealkylation sites (tertiary alicyclic amines) is 1. The Balaban J connectivity index is 1.38. The van der Waals surface area contributed by atoms with Gasteiger partial charge in [0.2, 0.25) is 0 Å². The Hall–Kier alpha value is -0.120. The fourth-order valence-electron chi connectivity index (χ4n) is 5.98. The summed E-state index contributed by atoms with van der Waals surface area (Å²) in [5, 5.41) is 10.5. The van der Waals surface area contributed by atoms with Crippen molar-refractivity contribution in [3.8, 4) is 0 Å². The summed E-state index contributed by atoms with van der Waals surface area (Å²) in [6.45, 7) is 11.3. The van der Waals surface area contributed by atoms with Crippen molar-refractivity contribution in [3.63, 3.8) is 0 Å². The van der Waals surface area contributed by atoms with Gasteiger partial charge in [0.15, 0.2) is 0 Å². The third-order valence-corrected chi connectivity index (χ3v) is 7.26. The van der Waals surface area contributed by atoms with Crippen LogP contribution in [0, 0.1) is 17.8 Å². The average molecular weight is 338 g/mol. The van der Waals surface area contributed by atoms with Crippen molar-refractivity contribution >= 4 is 0 Å². The van der Waals surface area contributed by atoms with Crippen molar-refractivity contribution in [1.82, 2.24) is 4.90 Å². The zero-order valence-corrected chi connectivity index (χ0v) is 16.4. The van der Waals surface area contributed by atoms with E-state index >= 15 is 0 Å². The lowest BCUT2D eigenvalue weighted by Crippen LogP contribution is -2.60. The van der Waals surface area contributed by atoms with Gasteiger partial charge in [-0.25, -0.2) is 0 Å². The van der Waals surface area contributed by atoms with Crippen LogP contribution in [0.5, 0.6) is 0 Å². The molecule has 140 valence electrons. The molecule has 24 heavy (non-hydrogen) atoms. The molecule has 2 saturated carbocycles. The van der Waals surface area contributed by atoms with E-state index in [1.165, 1.54) is 51.4 Å². The first-order valence-electron chi connectivity index (χ1n) is 10.3. The van der Waals surface area contributed by atoms with E-state index in [9.17, 15) is 5.11 Å². The molecule has 3 heteroatoms. The SMILES string of the molecule is CC1(C)CCCC(C)(C)N1C[C@@H](O)COCC[C@H]1C[C@H]2CC[C@H]1C2. The molecule has 1 aliphatic heterocycles. The summed E-state index contributed by atoms with van der Waals surface area (Å²) < 4.78 is 5.87. The van der Waals surface area contributed by atoms with Crippen LogP contribution in [0.4, 0.5) is 0 Å². The third kappa shape index (κ3) is 4.16. The van der Waals surface area contributed by atoms with Gasteiger partial charge in [0.25, 0.3) is 0 Å². The Kier molecular flexibility index (Phi) is 5.64. The summed E-state index contributed by atoms with van der Waals surface area (Å²) in [5.41, 5.74) is 0.345. The predicted octanol–water partition coefficient (Wildman–Crippen LogP) is 4.23. The second-order valence-electron chi connectivity index (χ2n) is 10.0. The van der Waals surface area contributed by atoms with Gasteiger partial charge in [0.1, 0.15) is 0 Å². The van der Waals surface area contributed by atoms with Gasteiger partial charge < -0.3 is 9.84 Å². The van der Waals surface area contributed by atoms with Crippen molar-refractivity contribution in [2.24, 2.45) is 17.8 Å². The van der Waals surface area contributed by atoms with Gasteiger partial charge in [-0.15, -0.1) is 0 Å². The largest absolute Gasteiger partial charge is 0.389 e. The summed E-state index contributed by atoms with van der Waals surface area (Å²) in [6, 6.07) is 0. The van der Waals surface area contributed by atoms with E-state index in [2.05, 4.69) is 32.6 Å². The van der Waals surface area contributed by atoms with Crippen LogP contribution in [0.15, 0.2) is 0 Å². The summed E-state index contributed by atoms with van der Waals surface area (Å²) >= 11 is 0. The van der Waals surface area contributed by atoms with Crippen molar-refractivity contribution in [3.05, 3.63) is 0 Å². The molecule has 1 N–H and O–H groups in total. The van der Waals surface area contributed by atoms with E-state index in [0.717, 1.165) is 30.9 Å². The molecule has 0 radical (unpaired) electrons. The summed E-state index contributed by atoms with van der Waals surface area (Å²) in [4.78, 5) is 2.51. The molecule has 0 unspecified atom stereocenters. The molecule has 0 aromatic heterocycles. The average Bonchev–Trinajstić information content (AvgIpc) is 3.10. The van der Waals surface area contributed by atoms with Crippen LogP contribution in [0.2, 0.25) is 0 Å². The van der Waals surface area contributed by atoms with E-state index in [-0.39, 0.29) is 17.2 Å². The molecule has 1 heterocycles. The number of nitrogens with zero attached hydrogens (tertiary/aromatic N) is 1. The van der Waals surface area contributed by atoms with Crippen molar-refractivity contribution in [1.29, 1.82) is 0 Å². The highest BCUT2D eigenvalue weighted by molar-refractivity contribution is 4.97. The number of aliphatic hydroxyl groups is 1. The minimum Gasteiger partial charge on any atom is -0.389 e. The van der Waals surface area contributed by atoms with Gasteiger partial charge in [-0.3, -0.25) is 4.90 Å². The second-order valence-corrected chi connectivity index (χ2v) is 10.0. The first-order valence-corrected chi connectivity index (χ1v) is 10.3. The molecule has 0 spiro atoms. The zero-order valence-electron chi connectivity index (χ0n) is 16.4. The molecule has 3 fully saturated rings. The van der Waals surface area contributed by atoms with E-state index in [1.807, 2.05) is 0 Å². The highest BCUT2D eigenvalue weighted by Crippen LogP contribution is 2.49. The van der Waals surface area contributed by atoms with E-state index < -0.39 is 0 Å². The van der Waals surface area contributed by atoms with Crippen LogP contribution in [0.3, 0.4) is 0 Å². The highest BCUT2D eigenvalue weighted by atomic mass is 16.5. The number of ether oxygens (including phenoxy) is 1. The quantitative estimate of drug-likeness (QED) is 0.706. The number of fused-ring (bicyclic) bond motifs is 2. The van der Waals surface area contributed by atoms with Gasteiger partial charge in [0.05, 0.1) is 12.7 Å². The van der Waals surface area contributed by atoms with Crippen LogP contribution in [-0.4, -0.2) is 46.9 Å². The Morgan fingerprint density at radius 3 is 2.38 bits per heavy atom. The normalized spacial score (nSPS) is 36.1. The number of hydrogen-bond acceptors (Lipinski definition) is 3. The maximum atomic E-state index is 10.5. The Morgan fingerprint density at radius 2 is 1.79 bits per heavy atom. The lowest BCUT2D eigenvalue weighted by Gasteiger charge is -2.53. The maximum absolute atomic E-state index is 10.5. The molecular formula is C21H39NO2. The monoisotopic (exact) mass is 337 g/mol. The summed E-state index contributed by atoms with van der Waals surface area (Å²) in [6.07, 6.45) is 10.4. The Bertz CT molecular complexity index is 404. The van der Waals surface area contributed by atoms with E-state index in [4.69, 9.17) is 4.74 Å². The minimum absolute atomic E-state index is 0.172. The first kappa shape index (κ1) is 18.7. The molecule has 2 aliphatic carbocycles. The first-order chi connectivity index (χ1) is 11.3. The standard InChI is InChI=1S/C21H39NO2/c1-20(2)9-5-10-21(3,4)22(20)14-19(23)15-24-11-8-18-13-16-6-7-17(18)12-16/h16-19,23H,5-15H2,1-4H3/t16-,17-,18-,19+/m0/s1. The van der Waals surface area contributed by atoms with Crippen LogP contribution in [0.25, 0.3) is 0 Å². The Morgan fingerprint density at radius 1 is 1.08 bits per heavy atom. The fraction of sp³-hybridized carbons (Fsp3) is 1.00. The molecule has 0 aromatic carbocycles.